The average molecular weight is 461 g/mol. The fourth-order valence-corrected chi connectivity index (χ4v) is 4.14. The van der Waals surface area contributed by atoms with Crippen molar-refractivity contribution in [3.8, 4) is 0 Å². The Bertz CT molecular complexity index is 458. The summed E-state index contributed by atoms with van der Waals surface area (Å²) < 4.78 is 15.5. The van der Waals surface area contributed by atoms with Crippen LogP contribution in [-0.2, 0) is 19.0 Å². The van der Waals surface area contributed by atoms with E-state index in [2.05, 4.69) is 6.92 Å². The minimum atomic E-state index is -1.41. The lowest BCUT2D eigenvalue weighted by Crippen LogP contribution is -2.59. The van der Waals surface area contributed by atoms with Gasteiger partial charge in [0.15, 0.2) is 6.29 Å². The van der Waals surface area contributed by atoms with E-state index in [1.54, 1.807) is 0 Å². The Hall–Kier alpha value is -0.730. The number of esters is 1. The molecule has 3 N–H and O–H groups in total. The Labute approximate surface area is 194 Å². The molecule has 0 aromatic heterocycles. The molecule has 1 rings (SSSR count). The third kappa shape index (κ3) is 12.5. The summed E-state index contributed by atoms with van der Waals surface area (Å²) in [5.41, 5.74) is 0. The van der Waals surface area contributed by atoms with Crippen molar-refractivity contribution in [2.45, 2.75) is 140 Å². The molecule has 0 bridgehead atoms. The highest BCUT2D eigenvalue weighted by Gasteiger charge is 2.44. The van der Waals surface area contributed by atoms with E-state index < -0.39 is 30.7 Å². The maximum atomic E-state index is 11.9. The van der Waals surface area contributed by atoms with Gasteiger partial charge in [0.05, 0.1) is 0 Å². The van der Waals surface area contributed by atoms with Crippen molar-refractivity contribution in [3.63, 3.8) is 0 Å². The predicted molar refractivity (Wildman–Crippen MR) is 124 cm³/mol. The van der Waals surface area contributed by atoms with Gasteiger partial charge in [0.1, 0.15) is 31.0 Å². The molecule has 32 heavy (non-hydrogen) atoms. The van der Waals surface area contributed by atoms with Crippen molar-refractivity contribution in [2.24, 2.45) is 0 Å². The second-order valence-corrected chi connectivity index (χ2v) is 9.13. The minimum Gasteiger partial charge on any atom is -0.463 e. The number of carbonyl (C=O) groups excluding carboxylic acids is 1. The van der Waals surface area contributed by atoms with Crippen LogP contribution in [0.2, 0.25) is 0 Å². The van der Waals surface area contributed by atoms with Crippen LogP contribution >= 0.6 is 0 Å². The van der Waals surface area contributed by atoms with E-state index in [-0.39, 0.29) is 12.6 Å². The zero-order chi connectivity index (χ0) is 23.6. The van der Waals surface area contributed by atoms with E-state index in [0.717, 1.165) is 19.3 Å². The topological polar surface area (TPSA) is 105 Å². The largest absolute Gasteiger partial charge is 0.463 e. The van der Waals surface area contributed by atoms with Gasteiger partial charge in [-0.25, -0.2) is 0 Å². The molecule has 7 nitrogen and oxygen atoms in total. The van der Waals surface area contributed by atoms with Crippen LogP contribution in [0.5, 0.6) is 0 Å². The molecule has 0 aromatic rings. The van der Waals surface area contributed by atoms with Gasteiger partial charge in [-0.05, 0) is 6.42 Å². The smallest absolute Gasteiger partial charge is 0.305 e. The summed E-state index contributed by atoms with van der Waals surface area (Å²) in [6.45, 7) is 2.08. The van der Waals surface area contributed by atoms with E-state index in [9.17, 15) is 20.1 Å². The molecule has 190 valence electrons. The van der Waals surface area contributed by atoms with Gasteiger partial charge in [-0.15, -0.1) is 0 Å². The predicted octanol–water partition coefficient (Wildman–Crippen LogP) is 4.25. The molecule has 0 aromatic carbocycles. The average Bonchev–Trinajstić information content (AvgIpc) is 2.79. The van der Waals surface area contributed by atoms with E-state index in [1.807, 2.05) is 0 Å². The molecular weight excluding hydrogens is 412 g/mol. The fourth-order valence-electron chi connectivity index (χ4n) is 4.14. The first-order chi connectivity index (χ1) is 15.5. The first kappa shape index (κ1) is 29.3. The molecule has 1 saturated heterocycles. The third-order valence-corrected chi connectivity index (χ3v) is 6.29. The number of methoxy groups -OCH3 is 1. The Morgan fingerprint density at radius 1 is 0.719 bits per heavy atom. The highest BCUT2D eigenvalue weighted by molar-refractivity contribution is 5.69. The summed E-state index contributed by atoms with van der Waals surface area (Å²) >= 11 is 0. The molecule has 7 heteroatoms. The van der Waals surface area contributed by atoms with Crippen LogP contribution in [0.3, 0.4) is 0 Å². The van der Waals surface area contributed by atoms with Crippen LogP contribution in [0.4, 0.5) is 0 Å². The van der Waals surface area contributed by atoms with Crippen LogP contribution in [-0.4, -0.2) is 65.7 Å². The lowest BCUT2D eigenvalue weighted by molar-refractivity contribution is -0.295. The maximum Gasteiger partial charge on any atom is 0.305 e. The van der Waals surface area contributed by atoms with E-state index in [4.69, 9.17) is 14.2 Å². The van der Waals surface area contributed by atoms with Gasteiger partial charge in [0, 0.05) is 13.5 Å². The lowest BCUT2D eigenvalue weighted by Gasteiger charge is -2.39. The minimum absolute atomic E-state index is 0.178. The van der Waals surface area contributed by atoms with Gasteiger partial charge in [-0.1, -0.05) is 96.8 Å². The van der Waals surface area contributed by atoms with Gasteiger partial charge < -0.3 is 29.5 Å². The fraction of sp³-hybridized carbons (Fsp3) is 0.960. The Morgan fingerprint density at radius 2 is 1.19 bits per heavy atom. The number of ether oxygens (including phenoxy) is 3. The number of aliphatic hydroxyl groups is 3. The highest BCUT2D eigenvalue weighted by Crippen LogP contribution is 2.22. The number of aliphatic hydroxyl groups excluding tert-OH is 3. The monoisotopic (exact) mass is 460 g/mol. The molecule has 0 radical (unpaired) electrons. The van der Waals surface area contributed by atoms with Crippen LogP contribution in [0.15, 0.2) is 0 Å². The molecule has 1 aliphatic heterocycles. The summed E-state index contributed by atoms with van der Waals surface area (Å²) in [4.78, 5) is 11.9. The first-order valence-electron chi connectivity index (χ1n) is 12.9. The maximum absolute atomic E-state index is 11.9. The van der Waals surface area contributed by atoms with Crippen LogP contribution in [0.25, 0.3) is 0 Å². The summed E-state index contributed by atoms with van der Waals surface area (Å²) in [5, 5.41) is 29.5. The summed E-state index contributed by atoms with van der Waals surface area (Å²) in [5.74, 6) is -0.343. The van der Waals surface area contributed by atoms with Crippen LogP contribution in [0.1, 0.15) is 110 Å². The first-order valence-corrected chi connectivity index (χ1v) is 12.9. The van der Waals surface area contributed by atoms with Crippen molar-refractivity contribution in [1.82, 2.24) is 0 Å². The zero-order valence-electron chi connectivity index (χ0n) is 20.4. The normalized spacial score (nSPS) is 25.7. The molecular formula is C25H48O7. The Kier molecular flexibility index (Phi) is 17.1. The molecule has 5 atom stereocenters. The van der Waals surface area contributed by atoms with Crippen molar-refractivity contribution < 1.29 is 34.3 Å². The molecule has 1 heterocycles. The summed E-state index contributed by atoms with van der Waals surface area (Å²) in [6, 6.07) is 0. The molecule has 0 amide bonds. The third-order valence-electron chi connectivity index (χ3n) is 6.29. The second-order valence-electron chi connectivity index (χ2n) is 9.13. The Morgan fingerprint density at radius 3 is 1.66 bits per heavy atom. The quantitative estimate of drug-likeness (QED) is 0.195. The molecule has 1 unspecified atom stereocenters. The van der Waals surface area contributed by atoms with Gasteiger partial charge in [0.2, 0.25) is 0 Å². The van der Waals surface area contributed by atoms with E-state index in [1.165, 1.54) is 84.2 Å². The summed E-state index contributed by atoms with van der Waals surface area (Å²) in [6.07, 6.45) is 13.3. The number of hydrogen-bond donors (Lipinski definition) is 3. The van der Waals surface area contributed by atoms with Crippen LogP contribution in [0, 0.1) is 0 Å². The molecule has 1 fully saturated rings. The number of unbranched alkanes of at least 4 members (excludes halogenated alkanes) is 14. The van der Waals surface area contributed by atoms with Crippen molar-refractivity contribution in [1.29, 1.82) is 0 Å². The van der Waals surface area contributed by atoms with E-state index >= 15 is 0 Å². The van der Waals surface area contributed by atoms with Gasteiger partial charge in [-0.3, -0.25) is 4.79 Å². The standard InChI is InChI=1S/C25H48O7/c1-3-4-5-6-7-8-9-10-11-12-13-14-15-16-17-18-21(26)31-19-20-22(27)23(28)24(29)25(30-2)32-20/h20,22-25,27-29H,3-19H2,1-2H3/t20-,22-,23+,24-,25?/m1/s1. The highest BCUT2D eigenvalue weighted by atomic mass is 16.7. The summed E-state index contributed by atoms with van der Waals surface area (Å²) in [7, 11) is 1.33. The number of rotatable bonds is 19. The lowest BCUT2D eigenvalue weighted by atomic mass is 9.99. The van der Waals surface area contributed by atoms with E-state index in [0.29, 0.717) is 6.42 Å². The van der Waals surface area contributed by atoms with Crippen LogP contribution < -0.4 is 0 Å². The molecule has 0 saturated carbocycles. The van der Waals surface area contributed by atoms with Gasteiger partial charge >= 0.3 is 5.97 Å². The van der Waals surface area contributed by atoms with Crippen molar-refractivity contribution >= 4 is 5.97 Å². The number of carbonyl (C=O) groups is 1. The SMILES string of the molecule is CCCCCCCCCCCCCCCCCC(=O)OC[C@H]1OC(OC)[C@H](O)[C@@H](O)[C@@H]1O. The molecule has 1 aliphatic rings. The van der Waals surface area contributed by atoms with Crippen molar-refractivity contribution in [2.75, 3.05) is 13.7 Å². The zero-order valence-corrected chi connectivity index (χ0v) is 20.4. The second kappa shape index (κ2) is 18.7. The number of hydrogen-bond acceptors (Lipinski definition) is 7. The molecule has 0 spiro atoms. The van der Waals surface area contributed by atoms with Gasteiger partial charge in [-0.2, -0.15) is 0 Å². The van der Waals surface area contributed by atoms with Crippen molar-refractivity contribution in [3.05, 3.63) is 0 Å². The van der Waals surface area contributed by atoms with Gasteiger partial charge in [0.25, 0.3) is 0 Å². The Balaban J connectivity index is 1.92. The molecule has 0 aliphatic carbocycles.